The first kappa shape index (κ1) is 20.5. The minimum absolute atomic E-state index is 0.0439. The van der Waals surface area contributed by atoms with Crippen LogP contribution in [0.5, 0.6) is 0 Å². The second-order valence-corrected chi connectivity index (χ2v) is 8.06. The Hall–Kier alpha value is -2.21. The summed E-state index contributed by atoms with van der Waals surface area (Å²) in [4.78, 5) is 31.6. The number of nitrogens with zero attached hydrogens (tertiary/aromatic N) is 2. The van der Waals surface area contributed by atoms with Gasteiger partial charge in [-0.25, -0.2) is 9.78 Å². The summed E-state index contributed by atoms with van der Waals surface area (Å²) >= 11 is 1.41. The summed E-state index contributed by atoms with van der Waals surface area (Å²) in [5.74, 6) is -0.363. The van der Waals surface area contributed by atoms with E-state index in [2.05, 4.69) is 11.9 Å². The molecule has 5 nitrogen and oxygen atoms in total. The van der Waals surface area contributed by atoms with E-state index in [1.54, 1.807) is 12.3 Å². The molecular formula is C22H28N2O3S. The van der Waals surface area contributed by atoms with Gasteiger partial charge in [-0.1, -0.05) is 38.3 Å². The number of carbonyl (C=O) groups is 2. The standard InChI is InChI=1S/C22H28N2O3S/c1-3-16-10-12-17(13-11-16)21(25)24(18-8-6-5-7-9-18)14-20-23-19(15-28-20)22(26)27-4-2/h10-13,15,18H,3-9,14H2,1-2H3. The average molecular weight is 401 g/mol. The van der Waals surface area contributed by atoms with Gasteiger partial charge in [0.2, 0.25) is 0 Å². The van der Waals surface area contributed by atoms with Crippen molar-refractivity contribution in [3.63, 3.8) is 0 Å². The molecule has 1 fully saturated rings. The van der Waals surface area contributed by atoms with Crippen LogP contribution in [-0.2, 0) is 17.7 Å². The molecule has 2 aromatic rings. The number of esters is 1. The van der Waals surface area contributed by atoms with Gasteiger partial charge in [0.15, 0.2) is 5.69 Å². The highest BCUT2D eigenvalue weighted by Crippen LogP contribution is 2.26. The van der Waals surface area contributed by atoms with Crippen molar-refractivity contribution in [3.8, 4) is 0 Å². The molecule has 150 valence electrons. The van der Waals surface area contributed by atoms with Crippen LogP contribution in [0.1, 0.15) is 77.4 Å². The third kappa shape index (κ3) is 4.98. The van der Waals surface area contributed by atoms with Gasteiger partial charge in [0.25, 0.3) is 5.91 Å². The fraction of sp³-hybridized carbons (Fsp3) is 0.500. The van der Waals surface area contributed by atoms with Crippen molar-refractivity contribution < 1.29 is 14.3 Å². The molecule has 1 heterocycles. The maximum absolute atomic E-state index is 13.3. The van der Waals surface area contributed by atoms with Crippen LogP contribution in [-0.4, -0.2) is 34.4 Å². The van der Waals surface area contributed by atoms with E-state index in [1.807, 2.05) is 29.2 Å². The minimum Gasteiger partial charge on any atom is -0.461 e. The van der Waals surface area contributed by atoms with Crippen LogP contribution in [0.4, 0.5) is 0 Å². The lowest BCUT2D eigenvalue weighted by Crippen LogP contribution is -2.41. The van der Waals surface area contributed by atoms with Gasteiger partial charge in [0, 0.05) is 17.0 Å². The van der Waals surface area contributed by atoms with Gasteiger partial charge < -0.3 is 9.64 Å². The van der Waals surface area contributed by atoms with E-state index < -0.39 is 5.97 Å². The second kappa shape index (κ2) is 9.82. The second-order valence-electron chi connectivity index (χ2n) is 7.12. The van der Waals surface area contributed by atoms with Crippen LogP contribution in [0, 0.1) is 0 Å². The summed E-state index contributed by atoms with van der Waals surface area (Å²) in [7, 11) is 0. The highest BCUT2D eigenvalue weighted by molar-refractivity contribution is 7.09. The van der Waals surface area contributed by atoms with Gasteiger partial charge in [-0.3, -0.25) is 4.79 Å². The smallest absolute Gasteiger partial charge is 0.357 e. The van der Waals surface area contributed by atoms with Gasteiger partial charge in [0.05, 0.1) is 13.2 Å². The van der Waals surface area contributed by atoms with Gasteiger partial charge in [-0.2, -0.15) is 0 Å². The number of amides is 1. The first-order valence-corrected chi connectivity index (χ1v) is 11.0. The van der Waals surface area contributed by atoms with Crippen molar-refractivity contribution in [2.45, 2.75) is 65.0 Å². The molecule has 0 N–H and O–H groups in total. The van der Waals surface area contributed by atoms with Gasteiger partial charge in [-0.15, -0.1) is 11.3 Å². The summed E-state index contributed by atoms with van der Waals surface area (Å²) in [6.45, 7) is 4.64. The summed E-state index contributed by atoms with van der Waals surface area (Å²) in [6, 6.07) is 8.11. The molecule has 0 unspecified atom stereocenters. The molecule has 1 aliphatic carbocycles. The van der Waals surface area contributed by atoms with Crippen LogP contribution in [0.3, 0.4) is 0 Å². The molecule has 0 saturated heterocycles. The molecular weight excluding hydrogens is 372 g/mol. The third-order valence-corrected chi connectivity index (χ3v) is 6.06. The van der Waals surface area contributed by atoms with E-state index in [4.69, 9.17) is 4.74 Å². The zero-order valence-electron chi connectivity index (χ0n) is 16.6. The SMILES string of the molecule is CCOC(=O)c1csc(CN(C(=O)c2ccc(CC)cc2)C2CCCCC2)n1. The van der Waals surface area contributed by atoms with Crippen LogP contribution < -0.4 is 0 Å². The van der Waals surface area contributed by atoms with Crippen LogP contribution in [0.2, 0.25) is 0 Å². The summed E-state index contributed by atoms with van der Waals surface area (Å²) in [6.07, 6.45) is 6.53. The monoisotopic (exact) mass is 400 g/mol. The first-order valence-electron chi connectivity index (χ1n) is 10.1. The number of ether oxygens (including phenoxy) is 1. The predicted molar refractivity (Wildman–Crippen MR) is 111 cm³/mol. The fourth-order valence-electron chi connectivity index (χ4n) is 3.64. The molecule has 3 rings (SSSR count). The first-order chi connectivity index (χ1) is 13.6. The number of carbonyl (C=O) groups excluding carboxylic acids is 2. The largest absolute Gasteiger partial charge is 0.461 e. The molecule has 0 bridgehead atoms. The molecule has 1 saturated carbocycles. The van der Waals surface area contributed by atoms with E-state index in [1.165, 1.54) is 23.3 Å². The zero-order valence-corrected chi connectivity index (χ0v) is 17.5. The number of hydrogen-bond acceptors (Lipinski definition) is 5. The Balaban J connectivity index is 1.80. The number of hydrogen-bond donors (Lipinski definition) is 0. The van der Waals surface area contributed by atoms with E-state index >= 15 is 0 Å². The highest BCUT2D eigenvalue weighted by Gasteiger charge is 2.27. The normalized spacial score (nSPS) is 14.6. The Kier molecular flexibility index (Phi) is 7.20. The van der Waals surface area contributed by atoms with E-state index in [9.17, 15) is 9.59 Å². The average Bonchev–Trinajstić information content (AvgIpc) is 3.21. The number of rotatable bonds is 7. The van der Waals surface area contributed by atoms with Gasteiger partial charge >= 0.3 is 5.97 Å². The molecule has 0 spiro atoms. The van der Waals surface area contributed by atoms with Gasteiger partial charge in [0.1, 0.15) is 5.01 Å². The van der Waals surface area contributed by atoms with Crippen molar-refractivity contribution in [1.82, 2.24) is 9.88 Å². The lowest BCUT2D eigenvalue weighted by atomic mass is 9.93. The van der Waals surface area contributed by atoms with Gasteiger partial charge in [-0.05, 0) is 43.9 Å². The number of thiazole rings is 1. The number of benzene rings is 1. The Bertz CT molecular complexity index is 794. The highest BCUT2D eigenvalue weighted by atomic mass is 32.1. The summed E-state index contributed by atoms with van der Waals surface area (Å²) in [5.41, 5.74) is 2.26. The fourth-order valence-corrected chi connectivity index (χ4v) is 4.40. The van der Waals surface area contributed by atoms with Crippen molar-refractivity contribution in [2.75, 3.05) is 6.61 Å². The van der Waals surface area contributed by atoms with E-state index in [-0.39, 0.29) is 11.9 Å². The maximum Gasteiger partial charge on any atom is 0.357 e. The Morgan fingerprint density at radius 2 is 1.86 bits per heavy atom. The van der Waals surface area contributed by atoms with Crippen molar-refractivity contribution >= 4 is 23.2 Å². The molecule has 0 atom stereocenters. The Morgan fingerprint density at radius 3 is 2.50 bits per heavy atom. The molecule has 1 aromatic carbocycles. The Morgan fingerprint density at radius 1 is 1.14 bits per heavy atom. The Labute approximate surface area is 170 Å². The van der Waals surface area contributed by atoms with Crippen LogP contribution >= 0.6 is 11.3 Å². The number of aryl methyl sites for hydroxylation is 1. The molecule has 1 aliphatic rings. The maximum atomic E-state index is 13.3. The van der Waals surface area contributed by atoms with Crippen LogP contribution in [0.25, 0.3) is 0 Å². The lowest BCUT2D eigenvalue weighted by Gasteiger charge is -2.34. The van der Waals surface area contributed by atoms with E-state index in [0.29, 0.717) is 24.4 Å². The predicted octanol–water partition coefficient (Wildman–Crippen LogP) is 4.86. The molecule has 0 radical (unpaired) electrons. The molecule has 1 amide bonds. The number of aromatic nitrogens is 1. The van der Waals surface area contributed by atoms with Crippen molar-refractivity contribution in [1.29, 1.82) is 0 Å². The summed E-state index contributed by atoms with van der Waals surface area (Å²) < 4.78 is 5.03. The quantitative estimate of drug-likeness (QED) is 0.623. The molecule has 1 aromatic heterocycles. The third-order valence-electron chi connectivity index (χ3n) is 5.23. The summed E-state index contributed by atoms with van der Waals surface area (Å²) in [5, 5.41) is 2.49. The van der Waals surface area contributed by atoms with E-state index in [0.717, 1.165) is 37.1 Å². The van der Waals surface area contributed by atoms with Crippen molar-refractivity contribution in [3.05, 3.63) is 51.5 Å². The lowest BCUT2D eigenvalue weighted by molar-refractivity contribution is 0.0520. The minimum atomic E-state index is -0.407. The zero-order chi connectivity index (χ0) is 19.9. The topological polar surface area (TPSA) is 59.5 Å². The molecule has 28 heavy (non-hydrogen) atoms. The molecule has 0 aliphatic heterocycles. The van der Waals surface area contributed by atoms with Crippen LogP contribution in [0.15, 0.2) is 29.6 Å². The van der Waals surface area contributed by atoms with Crippen molar-refractivity contribution in [2.24, 2.45) is 0 Å². The molecule has 6 heteroatoms.